The molecule has 4 heterocycles. The topological polar surface area (TPSA) is 90.5 Å². The van der Waals surface area contributed by atoms with Gasteiger partial charge in [0, 0.05) is 46.8 Å². The summed E-state index contributed by atoms with van der Waals surface area (Å²) in [5.41, 5.74) is 3.15. The van der Waals surface area contributed by atoms with Gasteiger partial charge in [0.05, 0.1) is 10.7 Å². The summed E-state index contributed by atoms with van der Waals surface area (Å²) in [4.78, 5) is 12.8. The van der Waals surface area contributed by atoms with E-state index in [0.29, 0.717) is 23.7 Å². The van der Waals surface area contributed by atoms with E-state index in [1.165, 1.54) is 5.01 Å². The monoisotopic (exact) mass is 558 g/mol. The van der Waals surface area contributed by atoms with Crippen molar-refractivity contribution >= 4 is 22.7 Å². The molecule has 0 N–H and O–H groups in total. The van der Waals surface area contributed by atoms with E-state index in [0.717, 1.165) is 45.1 Å². The maximum absolute atomic E-state index is 4.88. The van der Waals surface area contributed by atoms with Crippen LogP contribution in [-0.2, 0) is 6.42 Å². The third-order valence-corrected chi connectivity index (χ3v) is 7.42. The molecule has 0 saturated carbocycles. The number of rotatable bonds is 5. The predicted molar refractivity (Wildman–Crippen MR) is 161 cm³/mol. The van der Waals surface area contributed by atoms with E-state index in [2.05, 4.69) is 92.6 Å². The van der Waals surface area contributed by atoms with Crippen molar-refractivity contribution in [1.82, 2.24) is 30.3 Å². The smallest absolute Gasteiger partial charge is 0.133 e. The fourth-order valence-corrected chi connectivity index (χ4v) is 4.27. The second kappa shape index (κ2) is 17.1. The van der Waals surface area contributed by atoms with Crippen LogP contribution in [0.25, 0.3) is 0 Å². The summed E-state index contributed by atoms with van der Waals surface area (Å²) in [7, 11) is 0. The van der Waals surface area contributed by atoms with Gasteiger partial charge in [0.15, 0.2) is 0 Å². The van der Waals surface area contributed by atoms with Gasteiger partial charge in [-0.15, -0.1) is 32.9 Å². The Labute approximate surface area is 237 Å². The largest absolute Gasteiger partial charge is 0.361 e. The molecular weight excluding hydrogens is 512 g/mol. The zero-order valence-corrected chi connectivity index (χ0v) is 26.9. The number of hydrogen-bond donors (Lipinski definition) is 0. The summed E-state index contributed by atoms with van der Waals surface area (Å²) in [6, 6.07) is 3.95. The van der Waals surface area contributed by atoms with Gasteiger partial charge >= 0.3 is 0 Å². The molecule has 0 aliphatic heterocycles. The molecule has 0 radical (unpaired) electrons. The van der Waals surface area contributed by atoms with E-state index in [1.807, 2.05) is 44.5 Å². The summed E-state index contributed by atoms with van der Waals surface area (Å²) in [5, 5.41) is 17.4. The average Bonchev–Trinajstić information content (AvgIpc) is 3.61. The Balaban J connectivity index is 0.000000255. The van der Waals surface area contributed by atoms with Crippen LogP contribution >= 0.6 is 22.7 Å². The molecule has 4 aromatic rings. The molecule has 4 aromatic heterocycles. The van der Waals surface area contributed by atoms with Crippen molar-refractivity contribution in [2.45, 2.75) is 113 Å². The van der Waals surface area contributed by atoms with Gasteiger partial charge in [0.25, 0.3) is 0 Å². The SMILES string of the molecule is CC(C)c1nccs1.CCc1nnc(C(C)C)s1.Cc1cc(C(C)C)no1.Cc1cc(C)nc(C(C)C)n1. The lowest BCUT2D eigenvalue weighted by Gasteiger charge is -2.04. The van der Waals surface area contributed by atoms with Crippen LogP contribution in [0.15, 0.2) is 28.2 Å². The van der Waals surface area contributed by atoms with Gasteiger partial charge in [-0.2, -0.15) is 0 Å². The van der Waals surface area contributed by atoms with Crippen molar-refractivity contribution in [2.75, 3.05) is 0 Å². The number of hydrogen-bond acceptors (Lipinski definition) is 9. The van der Waals surface area contributed by atoms with Crippen molar-refractivity contribution < 1.29 is 4.52 Å². The third kappa shape index (κ3) is 12.8. The number of aryl methyl sites for hydroxylation is 4. The molecule has 9 heteroatoms. The van der Waals surface area contributed by atoms with Gasteiger partial charge in [-0.25, -0.2) is 15.0 Å². The Morgan fingerprint density at radius 1 is 0.763 bits per heavy atom. The summed E-state index contributed by atoms with van der Waals surface area (Å²) in [6.45, 7) is 25.0. The summed E-state index contributed by atoms with van der Waals surface area (Å²) < 4.78 is 4.88. The van der Waals surface area contributed by atoms with E-state index >= 15 is 0 Å². The summed E-state index contributed by atoms with van der Waals surface area (Å²) >= 11 is 3.44. The standard InChI is InChI=1S/C9H14N2.C7H12N2S.C7H11NO.C6H9NS/c1-6(2)9-10-7(3)5-8(4)11-9;1-4-6-8-9-7(10-6)5(2)3;1-5(2)7-4-6(3)9-8-7;1-5(2)6-7-3-4-8-6/h5-6H,1-4H3;5H,4H2,1-3H3;4-5H,1-3H3;3-5H,1-2H3. The summed E-state index contributed by atoms with van der Waals surface area (Å²) in [6.07, 6.45) is 2.85. The lowest BCUT2D eigenvalue weighted by atomic mass is 10.1. The van der Waals surface area contributed by atoms with Crippen LogP contribution in [0.5, 0.6) is 0 Å². The number of nitrogens with zero attached hydrogens (tertiary/aromatic N) is 6. The molecule has 0 aromatic carbocycles. The Bertz CT molecular complexity index is 1140. The van der Waals surface area contributed by atoms with Crippen LogP contribution in [-0.4, -0.2) is 30.3 Å². The second-order valence-electron chi connectivity index (χ2n) is 10.2. The first-order chi connectivity index (χ1) is 17.8. The van der Waals surface area contributed by atoms with Gasteiger partial charge in [0.2, 0.25) is 0 Å². The molecule has 4 rings (SSSR count). The Kier molecular flexibility index (Phi) is 15.1. The fourth-order valence-electron chi connectivity index (χ4n) is 2.83. The van der Waals surface area contributed by atoms with Gasteiger partial charge in [-0.1, -0.05) is 67.5 Å². The highest BCUT2D eigenvalue weighted by Crippen LogP contribution is 2.19. The highest BCUT2D eigenvalue weighted by molar-refractivity contribution is 7.11. The average molecular weight is 559 g/mol. The van der Waals surface area contributed by atoms with E-state index in [9.17, 15) is 0 Å². The molecule has 0 spiro atoms. The van der Waals surface area contributed by atoms with E-state index in [4.69, 9.17) is 4.52 Å². The Morgan fingerprint density at radius 3 is 1.66 bits per heavy atom. The minimum absolute atomic E-state index is 0.425. The van der Waals surface area contributed by atoms with Crippen LogP contribution in [0.4, 0.5) is 0 Å². The number of thiazole rings is 1. The Morgan fingerprint density at radius 2 is 1.37 bits per heavy atom. The predicted octanol–water partition coefficient (Wildman–Crippen LogP) is 8.81. The minimum Gasteiger partial charge on any atom is -0.361 e. The molecule has 0 aliphatic rings. The molecule has 0 bridgehead atoms. The minimum atomic E-state index is 0.425. The molecule has 0 amide bonds. The molecule has 0 aliphatic carbocycles. The Hall–Kier alpha value is -2.52. The first-order valence-corrected chi connectivity index (χ1v) is 15.0. The quantitative estimate of drug-likeness (QED) is 0.242. The van der Waals surface area contributed by atoms with Crippen LogP contribution in [0.3, 0.4) is 0 Å². The first-order valence-electron chi connectivity index (χ1n) is 13.3. The molecule has 7 nitrogen and oxygen atoms in total. The maximum Gasteiger partial charge on any atom is 0.133 e. The van der Waals surface area contributed by atoms with Gasteiger partial charge in [0.1, 0.15) is 21.6 Å². The highest BCUT2D eigenvalue weighted by atomic mass is 32.1. The lowest BCUT2D eigenvalue weighted by molar-refractivity contribution is 0.388. The fraction of sp³-hybridized carbons (Fsp3) is 0.586. The lowest BCUT2D eigenvalue weighted by Crippen LogP contribution is -2.00. The second-order valence-corrected chi connectivity index (χ2v) is 12.3. The van der Waals surface area contributed by atoms with Crippen molar-refractivity contribution in [3.63, 3.8) is 0 Å². The van der Waals surface area contributed by atoms with Crippen molar-refractivity contribution in [2.24, 2.45) is 0 Å². The molecule has 38 heavy (non-hydrogen) atoms. The van der Waals surface area contributed by atoms with Crippen molar-refractivity contribution in [3.05, 3.63) is 67.4 Å². The van der Waals surface area contributed by atoms with Gasteiger partial charge in [-0.3, -0.25) is 0 Å². The highest BCUT2D eigenvalue weighted by Gasteiger charge is 2.05. The molecule has 0 fully saturated rings. The third-order valence-electron chi connectivity index (χ3n) is 4.98. The van der Waals surface area contributed by atoms with Crippen LogP contribution < -0.4 is 0 Å². The molecule has 0 unspecified atom stereocenters. The molecular formula is C29H46N6OS2. The molecule has 210 valence electrons. The van der Waals surface area contributed by atoms with Crippen LogP contribution in [0.1, 0.15) is 130 Å². The normalized spacial score (nSPS) is 10.6. The molecule has 0 saturated heterocycles. The van der Waals surface area contributed by atoms with E-state index in [-0.39, 0.29) is 0 Å². The van der Waals surface area contributed by atoms with Crippen molar-refractivity contribution in [1.29, 1.82) is 0 Å². The van der Waals surface area contributed by atoms with Crippen LogP contribution in [0, 0.1) is 20.8 Å². The zero-order valence-electron chi connectivity index (χ0n) is 25.2. The van der Waals surface area contributed by atoms with E-state index < -0.39 is 0 Å². The zero-order chi connectivity index (χ0) is 28.8. The maximum atomic E-state index is 4.88. The van der Waals surface area contributed by atoms with Gasteiger partial charge < -0.3 is 4.52 Å². The molecule has 0 atom stereocenters. The first kappa shape index (κ1) is 33.5. The van der Waals surface area contributed by atoms with E-state index in [1.54, 1.807) is 22.7 Å². The van der Waals surface area contributed by atoms with Gasteiger partial charge in [-0.05, 0) is 39.2 Å². The van der Waals surface area contributed by atoms with Crippen LogP contribution in [0.2, 0.25) is 0 Å². The number of aromatic nitrogens is 6. The van der Waals surface area contributed by atoms with Crippen molar-refractivity contribution in [3.8, 4) is 0 Å². The summed E-state index contributed by atoms with van der Waals surface area (Å²) in [5.74, 6) is 3.85.